The summed E-state index contributed by atoms with van der Waals surface area (Å²) < 4.78 is 5.05. The first kappa shape index (κ1) is 12.4. The minimum atomic E-state index is -0.139. The molecule has 1 saturated heterocycles. The van der Waals surface area contributed by atoms with Gasteiger partial charge in [0, 0.05) is 12.5 Å². The van der Waals surface area contributed by atoms with Crippen LogP contribution >= 0.6 is 12.2 Å². The Morgan fingerprint density at radius 3 is 2.80 bits per heavy atom. The molecule has 0 aromatic heterocycles. The van der Waals surface area contributed by atoms with E-state index in [2.05, 4.69) is 13.8 Å². The number of hydrogen-bond acceptors (Lipinski definition) is 3. The number of nitrogens with zero attached hydrogens (tertiary/aromatic N) is 1. The molecule has 4 heteroatoms. The minimum absolute atomic E-state index is 0.127. The van der Waals surface area contributed by atoms with E-state index in [-0.39, 0.29) is 12.0 Å². The third-order valence-corrected chi connectivity index (χ3v) is 3.29. The molecule has 15 heavy (non-hydrogen) atoms. The van der Waals surface area contributed by atoms with Crippen LogP contribution in [0.5, 0.6) is 0 Å². The summed E-state index contributed by atoms with van der Waals surface area (Å²) in [4.78, 5) is 14.6. The van der Waals surface area contributed by atoms with Crippen molar-refractivity contribution in [1.82, 2.24) is 4.90 Å². The first-order valence-electron chi connectivity index (χ1n) is 5.55. The Morgan fingerprint density at radius 2 is 2.27 bits per heavy atom. The van der Waals surface area contributed by atoms with Gasteiger partial charge in [0.2, 0.25) is 0 Å². The Hall–Kier alpha value is -0.640. The maximum Gasteiger partial charge on any atom is 0.328 e. The maximum absolute atomic E-state index is 11.7. The van der Waals surface area contributed by atoms with Crippen LogP contribution in [0, 0.1) is 5.92 Å². The van der Waals surface area contributed by atoms with E-state index in [1.807, 2.05) is 11.8 Å². The van der Waals surface area contributed by atoms with Gasteiger partial charge in [-0.25, -0.2) is 4.79 Å². The minimum Gasteiger partial charge on any atom is -0.464 e. The van der Waals surface area contributed by atoms with E-state index in [9.17, 15) is 4.79 Å². The van der Waals surface area contributed by atoms with Crippen molar-refractivity contribution in [2.45, 2.75) is 39.7 Å². The first-order chi connectivity index (χ1) is 7.07. The van der Waals surface area contributed by atoms with Gasteiger partial charge >= 0.3 is 5.97 Å². The topological polar surface area (TPSA) is 29.5 Å². The molecule has 1 aliphatic heterocycles. The lowest BCUT2D eigenvalue weighted by atomic mass is 10.1. The van der Waals surface area contributed by atoms with E-state index in [4.69, 9.17) is 17.0 Å². The molecule has 0 unspecified atom stereocenters. The normalized spacial score (nSPS) is 20.8. The Morgan fingerprint density at radius 1 is 1.60 bits per heavy atom. The van der Waals surface area contributed by atoms with Crippen LogP contribution < -0.4 is 0 Å². The van der Waals surface area contributed by atoms with Gasteiger partial charge in [0.05, 0.1) is 11.6 Å². The zero-order valence-corrected chi connectivity index (χ0v) is 10.5. The van der Waals surface area contributed by atoms with Crippen LogP contribution in [-0.2, 0) is 9.53 Å². The van der Waals surface area contributed by atoms with Crippen LogP contribution in [0.25, 0.3) is 0 Å². The fourth-order valence-electron chi connectivity index (χ4n) is 1.85. The molecule has 0 spiro atoms. The van der Waals surface area contributed by atoms with Crippen LogP contribution in [-0.4, -0.2) is 35.1 Å². The summed E-state index contributed by atoms with van der Waals surface area (Å²) in [6.07, 6.45) is 1.89. The third kappa shape index (κ3) is 2.91. The summed E-state index contributed by atoms with van der Waals surface area (Å²) in [5, 5.41) is 0. The Kier molecular flexibility index (Phi) is 4.51. The van der Waals surface area contributed by atoms with Gasteiger partial charge in [0.1, 0.15) is 6.04 Å². The molecule has 1 heterocycles. The number of likely N-dealkylation sites (tertiary alicyclic amines) is 1. The van der Waals surface area contributed by atoms with E-state index in [1.165, 1.54) is 0 Å². The second kappa shape index (κ2) is 5.45. The summed E-state index contributed by atoms with van der Waals surface area (Å²) in [7, 11) is 0. The van der Waals surface area contributed by atoms with Crippen LogP contribution in [0.3, 0.4) is 0 Å². The third-order valence-electron chi connectivity index (χ3n) is 2.59. The fraction of sp³-hybridized carbons (Fsp3) is 0.818. The summed E-state index contributed by atoms with van der Waals surface area (Å²) in [5.74, 6) is 0.188. The van der Waals surface area contributed by atoms with E-state index in [0.717, 1.165) is 24.4 Å². The molecule has 0 saturated carbocycles. The van der Waals surface area contributed by atoms with Crippen molar-refractivity contribution in [3.63, 3.8) is 0 Å². The summed E-state index contributed by atoms with van der Waals surface area (Å²) >= 11 is 5.34. The predicted octanol–water partition coefficient (Wildman–Crippen LogP) is 2.00. The lowest BCUT2D eigenvalue weighted by Gasteiger charge is -2.27. The van der Waals surface area contributed by atoms with Gasteiger partial charge in [-0.05, 0) is 19.8 Å². The van der Waals surface area contributed by atoms with Crippen LogP contribution in [0.2, 0.25) is 0 Å². The molecule has 0 radical (unpaired) electrons. The van der Waals surface area contributed by atoms with E-state index < -0.39 is 0 Å². The van der Waals surface area contributed by atoms with Gasteiger partial charge < -0.3 is 9.64 Å². The van der Waals surface area contributed by atoms with Gasteiger partial charge in [0.25, 0.3) is 0 Å². The van der Waals surface area contributed by atoms with Crippen molar-refractivity contribution in [2.24, 2.45) is 5.92 Å². The Bertz CT molecular complexity index is 253. The monoisotopic (exact) mass is 229 g/mol. The number of hydrogen-bond donors (Lipinski definition) is 0. The van der Waals surface area contributed by atoms with Gasteiger partial charge in [-0.3, -0.25) is 0 Å². The lowest BCUT2D eigenvalue weighted by molar-refractivity contribution is -0.147. The largest absolute Gasteiger partial charge is 0.464 e. The molecule has 3 nitrogen and oxygen atoms in total. The zero-order valence-electron chi connectivity index (χ0n) is 9.66. The Balaban J connectivity index is 2.64. The SMILES string of the molecule is CCOC(=O)[C@@H]1CCCN1C(=S)C(C)C. The second-order valence-electron chi connectivity index (χ2n) is 4.10. The zero-order chi connectivity index (χ0) is 11.4. The van der Waals surface area contributed by atoms with Crippen molar-refractivity contribution in [1.29, 1.82) is 0 Å². The average Bonchev–Trinajstić information content (AvgIpc) is 2.65. The summed E-state index contributed by atoms with van der Waals surface area (Å²) in [6, 6.07) is -0.139. The Labute approximate surface area is 96.8 Å². The molecular weight excluding hydrogens is 210 g/mol. The van der Waals surface area contributed by atoms with Crippen molar-refractivity contribution in [2.75, 3.05) is 13.2 Å². The van der Waals surface area contributed by atoms with Crippen LogP contribution in [0.15, 0.2) is 0 Å². The van der Waals surface area contributed by atoms with Crippen molar-refractivity contribution >= 4 is 23.2 Å². The van der Waals surface area contributed by atoms with Crippen molar-refractivity contribution < 1.29 is 9.53 Å². The number of carbonyl (C=O) groups excluding carboxylic acids is 1. The molecule has 1 aliphatic rings. The van der Waals surface area contributed by atoms with Gasteiger partial charge in [-0.1, -0.05) is 26.1 Å². The predicted molar refractivity (Wildman–Crippen MR) is 63.8 cm³/mol. The molecule has 0 amide bonds. The molecule has 1 atom stereocenters. The van der Waals surface area contributed by atoms with Crippen LogP contribution in [0.4, 0.5) is 0 Å². The highest BCUT2D eigenvalue weighted by Gasteiger charge is 2.33. The maximum atomic E-state index is 11.7. The number of rotatable bonds is 3. The van der Waals surface area contributed by atoms with E-state index >= 15 is 0 Å². The van der Waals surface area contributed by atoms with Crippen molar-refractivity contribution in [3.05, 3.63) is 0 Å². The van der Waals surface area contributed by atoms with E-state index in [0.29, 0.717) is 12.5 Å². The van der Waals surface area contributed by atoms with Gasteiger partial charge in [0.15, 0.2) is 0 Å². The molecule has 1 fully saturated rings. The van der Waals surface area contributed by atoms with Gasteiger partial charge in [-0.2, -0.15) is 0 Å². The summed E-state index contributed by atoms with van der Waals surface area (Å²) in [5.41, 5.74) is 0. The molecule has 0 aliphatic carbocycles. The number of carbonyl (C=O) groups is 1. The molecule has 0 bridgehead atoms. The second-order valence-corrected chi connectivity index (χ2v) is 4.51. The smallest absolute Gasteiger partial charge is 0.328 e. The quantitative estimate of drug-likeness (QED) is 0.547. The molecule has 86 valence electrons. The highest BCUT2D eigenvalue weighted by atomic mass is 32.1. The first-order valence-corrected chi connectivity index (χ1v) is 5.95. The highest BCUT2D eigenvalue weighted by Crippen LogP contribution is 2.21. The molecule has 0 N–H and O–H groups in total. The summed E-state index contributed by atoms with van der Waals surface area (Å²) in [6.45, 7) is 7.28. The van der Waals surface area contributed by atoms with E-state index in [1.54, 1.807) is 0 Å². The molecular formula is C11H19NO2S. The van der Waals surface area contributed by atoms with Crippen molar-refractivity contribution in [3.8, 4) is 0 Å². The highest BCUT2D eigenvalue weighted by molar-refractivity contribution is 7.80. The molecule has 1 rings (SSSR count). The standard InChI is InChI=1S/C11H19NO2S/c1-4-14-11(13)9-6-5-7-12(9)10(15)8(2)3/h8-9H,4-7H2,1-3H3/t9-/m0/s1. The molecule has 0 aromatic carbocycles. The fourth-order valence-corrected chi connectivity index (χ4v) is 2.06. The number of ether oxygens (including phenoxy) is 1. The average molecular weight is 229 g/mol. The number of esters is 1. The lowest BCUT2D eigenvalue weighted by Crippen LogP contribution is -2.42. The van der Waals surface area contributed by atoms with Gasteiger partial charge in [-0.15, -0.1) is 0 Å². The van der Waals surface area contributed by atoms with Crippen LogP contribution in [0.1, 0.15) is 33.6 Å². The number of thiocarbonyl (C=S) groups is 1. The molecule has 0 aromatic rings.